The lowest BCUT2D eigenvalue weighted by Gasteiger charge is -2.47. The molecule has 4 rings (SSSR count). The van der Waals surface area contributed by atoms with E-state index >= 15 is 0 Å². The molecule has 0 bridgehead atoms. The molecule has 9 atom stereocenters. The Morgan fingerprint density at radius 1 is 0.738 bits per heavy atom. The summed E-state index contributed by atoms with van der Waals surface area (Å²) in [6, 6.07) is 0.201. The number of anilines is 2. The standard InChI is InChI=1S/C38H50F6N6O11/c1-2-3-4-5-6-13-27(53)45-16-28(54)49-29-25(17-51)59-19-24(48-35(57)46-22-11-7-9-20(14-22)37(39,40)41)33(29)61-34-30(32(56)31(55)26(18-52)60-34)50-36(58)47-23-12-8-10-21(15-23)38(42,43)44/h7-12,14-15,24-26,29-34,51-52,55-56H,2-6,13,16-19H2,1H3,(H,45,53)(H,49,54)(H2,46,48,57)(H2,47,50,58)/t24?,25?,26?,29-,30?,31+,32+,33+,34-/m0/s1. The number of hydrogen-bond donors (Lipinski definition) is 10. The van der Waals surface area contributed by atoms with Crippen molar-refractivity contribution in [2.75, 3.05) is 37.0 Å². The number of unbranched alkanes of at least 4 members (excludes halogenated alkanes) is 4. The van der Waals surface area contributed by atoms with E-state index in [2.05, 4.69) is 31.9 Å². The SMILES string of the molecule is CCCCCCCC(=O)NCC(=O)N[C@H]1C(CO)OCC(NC(=O)Nc2cccc(C(F)(F)F)c2)[C@H]1O[C@@H]1OC(CO)[C@@H](O)[C@H](O)C1NC(=O)Nc1cccc(C(F)(F)F)c1. The van der Waals surface area contributed by atoms with Crippen molar-refractivity contribution < 1.29 is 80.2 Å². The van der Waals surface area contributed by atoms with Crippen molar-refractivity contribution in [1.82, 2.24) is 21.3 Å². The van der Waals surface area contributed by atoms with Crippen LogP contribution < -0.4 is 31.9 Å². The lowest BCUT2D eigenvalue weighted by molar-refractivity contribution is -0.293. The monoisotopic (exact) mass is 880 g/mol. The quantitative estimate of drug-likeness (QED) is 0.0818. The van der Waals surface area contributed by atoms with E-state index in [1.807, 2.05) is 6.92 Å². The van der Waals surface area contributed by atoms with Crippen LogP contribution in [-0.4, -0.2) is 126 Å². The zero-order valence-electron chi connectivity index (χ0n) is 32.8. The van der Waals surface area contributed by atoms with E-state index in [1.165, 1.54) is 6.07 Å². The molecule has 17 nitrogen and oxygen atoms in total. The maximum absolute atomic E-state index is 13.4. The van der Waals surface area contributed by atoms with Crippen LogP contribution in [0.4, 0.5) is 47.3 Å². The fraction of sp³-hybridized carbons (Fsp3) is 0.579. The predicted molar refractivity (Wildman–Crippen MR) is 203 cm³/mol. The maximum atomic E-state index is 13.4. The summed E-state index contributed by atoms with van der Waals surface area (Å²) in [5.74, 6) is -1.27. The number of alkyl halides is 6. The molecule has 2 aromatic carbocycles. The molecule has 6 amide bonds. The van der Waals surface area contributed by atoms with Gasteiger partial charge in [-0.15, -0.1) is 0 Å². The molecular weight excluding hydrogens is 830 g/mol. The van der Waals surface area contributed by atoms with E-state index in [-0.39, 0.29) is 17.8 Å². The number of halogens is 6. The number of amides is 6. The van der Waals surface area contributed by atoms with Gasteiger partial charge in [-0.2, -0.15) is 26.3 Å². The second-order valence-electron chi connectivity index (χ2n) is 14.4. The predicted octanol–water partition coefficient (Wildman–Crippen LogP) is 2.58. The van der Waals surface area contributed by atoms with Crippen LogP contribution in [-0.2, 0) is 36.2 Å². The number of carbonyl (C=O) groups excluding carboxylic acids is 4. The van der Waals surface area contributed by atoms with Crippen LogP contribution in [0, 0.1) is 0 Å². The highest BCUT2D eigenvalue weighted by molar-refractivity contribution is 5.90. The summed E-state index contributed by atoms with van der Waals surface area (Å²) in [6.07, 6.45) is -15.4. The lowest BCUT2D eigenvalue weighted by atomic mass is 9.93. The van der Waals surface area contributed by atoms with Crippen LogP contribution in [0.5, 0.6) is 0 Å². The number of hydrogen-bond acceptors (Lipinski definition) is 11. The largest absolute Gasteiger partial charge is 0.416 e. The summed E-state index contributed by atoms with van der Waals surface area (Å²) in [5.41, 5.74) is -2.79. The fourth-order valence-electron chi connectivity index (χ4n) is 6.63. The maximum Gasteiger partial charge on any atom is 0.416 e. The van der Waals surface area contributed by atoms with Gasteiger partial charge >= 0.3 is 24.4 Å². The van der Waals surface area contributed by atoms with Crippen molar-refractivity contribution in [2.24, 2.45) is 0 Å². The van der Waals surface area contributed by atoms with Gasteiger partial charge in [-0.05, 0) is 42.8 Å². The van der Waals surface area contributed by atoms with Gasteiger partial charge in [-0.3, -0.25) is 9.59 Å². The van der Waals surface area contributed by atoms with Gasteiger partial charge in [0.25, 0.3) is 0 Å². The average Bonchev–Trinajstić information content (AvgIpc) is 3.20. The summed E-state index contributed by atoms with van der Waals surface area (Å²) in [6.45, 7) is -0.737. The molecule has 2 aliphatic rings. The third kappa shape index (κ3) is 14.4. The van der Waals surface area contributed by atoms with Crippen LogP contribution in [0.1, 0.15) is 56.6 Å². The van der Waals surface area contributed by atoms with Crippen molar-refractivity contribution >= 4 is 35.3 Å². The number of aliphatic hydroxyl groups is 4. The summed E-state index contributed by atoms with van der Waals surface area (Å²) < 4.78 is 97.8. The molecule has 61 heavy (non-hydrogen) atoms. The van der Waals surface area contributed by atoms with E-state index in [0.29, 0.717) is 18.6 Å². The molecule has 0 saturated carbocycles. The first-order chi connectivity index (χ1) is 28.8. The number of urea groups is 2. The van der Waals surface area contributed by atoms with Crippen molar-refractivity contribution in [2.45, 2.75) is 113 Å². The van der Waals surface area contributed by atoms with Gasteiger partial charge in [0.05, 0.1) is 49.6 Å². The normalized spacial score (nSPS) is 25.5. The minimum absolute atomic E-state index is 0.135. The highest BCUT2D eigenvalue weighted by Crippen LogP contribution is 2.32. The molecule has 23 heteroatoms. The third-order valence-electron chi connectivity index (χ3n) is 9.78. The molecule has 2 heterocycles. The molecule has 0 spiro atoms. The first kappa shape index (κ1) is 48.9. The molecule has 2 fully saturated rings. The molecule has 0 aromatic heterocycles. The highest BCUT2D eigenvalue weighted by atomic mass is 19.4. The van der Waals surface area contributed by atoms with Gasteiger partial charge < -0.3 is 66.5 Å². The molecular formula is C38H50F6N6O11. The average molecular weight is 881 g/mol. The Labute approximate surface area is 345 Å². The first-order valence-corrected chi connectivity index (χ1v) is 19.4. The Morgan fingerprint density at radius 3 is 1.87 bits per heavy atom. The zero-order chi connectivity index (χ0) is 44.9. The Bertz CT molecular complexity index is 1780. The minimum atomic E-state index is -4.76. The Kier molecular flexibility index (Phi) is 17.9. The zero-order valence-corrected chi connectivity index (χ0v) is 32.8. The lowest BCUT2D eigenvalue weighted by Crippen LogP contribution is -2.70. The van der Waals surface area contributed by atoms with Gasteiger partial charge in [0.15, 0.2) is 6.29 Å². The van der Waals surface area contributed by atoms with Gasteiger partial charge in [0.1, 0.15) is 36.6 Å². The molecule has 4 unspecified atom stereocenters. The first-order valence-electron chi connectivity index (χ1n) is 19.4. The summed E-state index contributed by atoms with van der Waals surface area (Å²) in [7, 11) is 0. The minimum Gasteiger partial charge on any atom is -0.394 e. The summed E-state index contributed by atoms with van der Waals surface area (Å²) in [4.78, 5) is 52.2. The smallest absolute Gasteiger partial charge is 0.394 e. The van der Waals surface area contributed by atoms with Crippen molar-refractivity contribution in [3.8, 4) is 0 Å². The van der Waals surface area contributed by atoms with Crippen molar-refractivity contribution in [3.05, 3.63) is 59.7 Å². The van der Waals surface area contributed by atoms with Crippen LogP contribution in [0.25, 0.3) is 0 Å². The van der Waals surface area contributed by atoms with E-state index in [4.69, 9.17) is 14.2 Å². The van der Waals surface area contributed by atoms with Crippen LogP contribution in [0.3, 0.4) is 0 Å². The van der Waals surface area contributed by atoms with Gasteiger partial charge in [-0.25, -0.2) is 9.59 Å². The molecule has 340 valence electrons. The molecule has 10 N–H and O–H groups in total. The second kappa shape index (κ2) is 22.4. The van der Waals surface area contributed by atoms with Gasteiger partial charge in [0, 0.05) is 17.8 Å². The van der Waals surface area contributed by atoms with Crippen LogP contribution in [0.2, 0.25) is 0 Å². The number of ether oxygens (including phenoxy) is 3. The second-order valence-corrected chi connectivity index (χ2v) is 14.4. The summed E-state index contributed by atoms with van der Waals surface area (Å²) in [5, 5.41) is 56.3. The van der Waals surface area contributed by atoms with Crippen molar-refractivity contribution in [3.63, 3.8) is 0 Å². The van der Waals surface area contributed by atoms with Crippen LogP contribution >= 0.6 is 0 Å². The van der Waals surface area contributed by atoms with Crippen LogP contribution in [0.15, 0.2) is 48.5 Å². The number of aliphatic hydroxyl groups excluding tert-OH is 4. The van der Waals surface area contributed by atoms with Gasteiger partial charge in [-0.1, -0.05) is 44.7 Å². The number of benzene rings is 2. The summed E-state index contributed by atoms with van der Waals surface area (Å²) >= 11 is 0. The molecule has 0 radical (unpaired) electrons. The van der Waals surface area contributed by atoms with Gasteiger partial charge in [0.2, 0.25) is 11.8 Å². The van der Waals surface area contributed by atoms with E-state index in [1.54, 1.807) is 0 Å². The van der Waals surface area contributed by atoms with E-state index in [0.717, 1.165) is 56.0 Å². The molecule has 0 aliphatic carbocycles. The Morgan fingerprint density at radius 2 is 1.31 bits per heavy atom. The number of nitrogens with one attached hydrogen (secondary N) is 6. The number of rotatable bonds is 17. The topological polar surface area (TPSA) is 249 Å². The third-order valence-corrected chi connectivity index (χ3v) is 9.78. The Balaban J connectivity index is 1.61. The molecule has 2 saturated heterocycles. The number of carbonyl (C=O) groups is 4. The van der Waals surface area contributed by atoms with Crippen molar-refractivity contribution in [1.29, 1.82) is 0 Å². The molecule has 2 aliphatic heterocycles. The fourth-order valence-corrected chi connectivity index (χ4v) is 6.63. The molecule has 2 aromatic rings. The highest BCUT2D eigenvalue weighted by Gasteiger charge is 2.50. The van der Waals surface area contributed by atoms with E-state index < -0.39 is 129 Å². The van der Waals surface area contributed by atoms with E-state index in [9.17, 15) is 65.9 Å². The Hall–Kier alpha value is -4.78.